The summed E-state index contributed by atoms with van der Waals surface area (Å²) in [5.41, 5.74) is 0.698. The number of hydrogen-bond acceptors (Lipinski definition) is 2. The maximum Gasteiger partial charge on any atom is 0.354 e. The lowest BCUT2D eigenvalue weighted by Gasteiger charge is -2.08. The van der Waals surface area contributed by atoms with E-state index in [0.717, 1.165) is 0 Å². The number of carbonyl (C=O) groups is 1. The zero-order valence-corrected chi connectivity index (χ0v) is 10.3. The Kier molecular flexibility index (Phi) is 3.34. The number of aromatic carboxylic acids is 1. The lowest BCUT2D eigenvalue weighted by Crippen LogP contribution is -2.11. The molecule has 4 nitrogen and oxygen atoms in total. The predicted octanol–water partition coefficient (Wildman–Crippen LogP) is 2.73. The average molecular weight is 269 g/mol. The van der Waals surface area contributed by atoms with Crippen LogP contribution in [0.2, 0.25) is 5.02 Å². The van der Waals surface area contributed by atoms with Gasteiger partial charge in [-0.25, -0.2) is 14.2 Å². The average Bonchev–Trinajstić information content (AvgIpc) is 2.66. The van der Waals surface area contributed by atoms with Crippen LogP contribution in [0.15, 0.2) is 24.4 Å². The van der Waals surface area contributed by atoms with Gasteiger partial charge in [-0.05, 0) is 24.6 Å². The molecule has 0 aliphatic heterocycles. The molecule has 0 amide bonds. The summed E-state index contributed by atoms with van der Waals surface area (Å²) < 4.78 is 14.8. The highest BCUT2D eigenvalue weighted by atomic mass is 35.5. The normalized spacial score (nSPS) is 10.6. The van der Waals surface area contributed by atoms with Crippen molar-refractivity contribution < 1.29 is 14.3 Å². The second-order valence-electron chi connectivity index (χ2n) is 3.83. The molecule has 0 aliphatic carbocycles. The fourth-order valence-corrected chi connectivity index (χ4v) is 1.78. The van der Waals surface area contributed by atoms with Crippen LogP contribution in [-0.2, 0) is 6.54 Å². The molecule has 2 aromatic rings. The SMILES string of the molecule is Cc1ncc(C(=O)O)n1Cc1ccc(Cl)c(F)c1. The number of hydrogen-bond donors (Lipinski definition) is 1. The Morgan fingerprint density at radius 2 is 2.28 bits per heavy atom. The standard InChI is InChI=1S/C12H10ClFN2O2/c1-7-15-5-11(12(17)18)16(7)6-8-2-3-9(13)10(14)4-8/h2-5H,6H2,1H3,(H,17,18). The van der Waals surface area contributed by atoms with Gasteiger partial charge < -0.3 is 9.67 Å². The number of carboxylic acid groups (broad SMARTS) is 1. The molecule has 1 heterocycles. The van der Waals surface area contributed by atoms with Crippen LogP contribution in [0.5, 0.6) is 0 Å². The Morgan fingerprint density at radius 1 is 1.56 bits per heavy atom. The van der Waals surface area contributed by atoms with E-state index in [1.165, 1.54) is 22.9 Å². The van der Waals surface area contributed by atoms with Gasteiger partial charge >= 0.3 is 5.97 Å². The highest BCUT2D eigenvalue weighted by Gasteiger charge is 2.13. The molecular formula is C12H10ClFN2O2. The molecule has 1 aromatic heterocycles. The topological polar surface area (TPSA) is 55.1 Å². The fourth-order valence-electron chi connectivity index (χ4n) is 1.66. The Labute approximate surface area is 108 Å². The van der Waals surface area contributed by atoms with Gasteiger partial charge in [0, 0.05) is 6.54 Å². The summed E-state index contributed by atoms with van der Waals surface area (Å²) in [6, 6.07) is 4.38. The molecule has 0 atom stereocenters. The highest BCUT2D eigenvalue weighted by Crippen LogP contribution is 2.17. The van der Waals surface area contributed by atoms with E-state index >= 15 is 0 Å². The summed E-state index contributed by atoms with van der Waals surface area (Å²) >= 11 is 5.59. The Balaban J connectivity index is 2.36. The third-order valence-electron chi connectivity index (χ3n) is 2.60. The number of aromatic nitrogens is 2. The summed E-state index contributed by atoms with van der Waals surface area (Å²) in [7, 11) is 0. The second-order valence-corrected chi connectivity index (χ2v) is 4.24. The third-order valence-corrected chi connectivity index (χ3v) is 2.91. The van der Waals surface area contributed by atoms with Crippen LogP contribution in [0, 0.1) is 12.7 Å². The number of imidazole rings is 1. The van der Waals surface area contributed by atoms with E-state index in [-0.39, 0.29) is 17.3 Å². The molecule has 1 N–H and O–H groups in total. The van der Waals surface area contributed by atoms with Gasteiger partial charge in [-0.3, -0.25) is 0 Å². The minimum atomic E-state index is -1.06. The van der Waals surface area contributed by atoms with E-state index in [9.17, 15) is 9.18 Å². The van der Waals surface area contributed by atoms with Gasteiger partial charge in [-0.15, -0.1) is 0 Å². The number of carboxylic acids is 1. The molecule has 0 fully saturated rings. The Morgan fingerprint density at radius 3 is 2.89 bits per heavy atom. The van der Waals surface area contributed by atoms with Crippen LogP contribution in [-0.4, -0.2) is 20.6 Å². The van der Waals surface area contributed by atoms with E-state index in [2.05, 4.69) is 4.98 Å². The second kappa shape index (κ2) is 4.78. The first-order chi connectivity index (χ1) is 8.49. The van der Waals surface area contributed by atoms with Crippen molar-refractivity contribution in [3.8, 4) is 0 Å². The zero-order valence-electron chi connectivity index (χ0n) is 9.52. The van der Waals surface area contributed by atoms with E-state index in [1.54, 1.807) is 13.0 Å². The largest absolute Gasteiger partial charge is 0.477 e. The van der Waals surface area contributed by atoms with Crippen molar-refractivity contribution in [2.45, 2.75) is 13.5 Å². The first-order valence-electron chi connectivity index (χ1n) is 5.18. The van der Waals surface area contributed by atoms with E-state index in [1.807, 2.05) is 0 Å². The maximum atomic E-state index is 13.3. The van der Waals surface area contributed by atoms with Crippen molar-refractivity contribution in [1.29, 1.82) is 0 Å². The molecule has 18 heavy (non-hydrogen) atoms. The van der Waals surface area contributed by atoms with Gasteiger partial charge in [0.2, 0.25) is 0 Å². The number of rotatable bonds is 3. The van der Waals surface area contributed by atoms with Crippen LogP contribution >= 0.6 is 11.6 Å². The fraction of sp³-hybridized carbons (Fsp3) is 0.167. The molecule has 0 saturated heterocycles. The van der Waals surface area contributed by atoms with Crippen molar-refractivity contribution in [2.24, 2.45) is 0 Å². The molecule has 94 valence electrons. The molecule has 2 rings (SSSR count). The van der Waals surface area contributed by atoms with E-state index in [0.29, 0.717) is 11.4 Å². The number of benzene rings is 1. The maximum absolute atomic E-state index is 13.3. The van der Waals surface area contributed by atoms with Crippen LogP contribution in [0.3, 0.4) is 0 Å². The van der Waals surface area contributed by atoms with Crippen molar-refractivity contribution >= 4 is 17.6 Å². The van der Waals surface area contributed by atoms with E-state index in [4.69, 9.17) is 16.7 Å². The minimum absolute atomic E-state index is 0.0413. The Hall–Kier alpha value is -1.88. The summed E-state index contributed by atoms with van der Waals surface area (Å²) in [5.74, 6) is -1.03. The number of halogens is 2. The van der Waals surface area contributed by atoms with Gasteiger partial charge in [0.05, 0.1) is 11.2 Å². The van der Waals surface area contributed by atoms with Gasteiger partial charge in [0.25, 0.3) is 0 Å². The molecule has 6 heteroatoms. The minimum Gasteiger partial charge on any atom is -0.477 e. The lowest BCUT2D eigenvalue weighted by molar-refractivity contribution is 0.0685. The van der Waals surface area contributed by atoms with Crippen LogP contribution in [0.4, 0.5) is 4.39 Å². The first-order valence-corrected chi connectivity index (χ1v) is 5.56. The van der Waals surface area contributed by atoms with Crippen LogP contribution in [0.25, 0.3) is 0 Å². The molecule has 0 radical (unpaired) electrons. The summed E-state index contributed by atoms with van der Waals surface area (Å²) in [5, 5.41) is 9.04. The monoisotopic (exact) mass is 268 g/mol. The predicted molar refractivity (Wildman–Crippen MR) is 64.4 cm³/mol. The van der Waals surface area contributed by atoms with Crippen molar-refractivity contribution in [2.75, 3.05) is 0 Å². The molecule has 1 aromatic carbocycles. The molecular weight excluding hydrogens is 259 g/mol. The third kappa shape index (κ3) is 2.36. The quantitative estimate of drug-likeness (QED) is 0.931. The number of aryl methyl sites for hydroxylation is 1. The molecule has 0 spiro atoms. The van der Waals surface area contributed by atoms with Gasteiger partial charge in [0.1, 0.15) is 17.3 Å². The molecule has 0 bridgehead atoms. The van der Waals surface area contributed by atoms with Crippen molar-refractivity contribution in [1.82, 2.24) is 9.55 Å². The van der Waals surface area contributed by atoms with Crippen molar-refractivity contribution in [3.05, 3.63) is 52.3 Å². The lowest BCUT2D eigenvalue weighted by atomic mass is 10.2. The van der Waals surface area contributed by atoms with Crippen molar-refractivity contribution in [3.63, 3.8) is 0 Å². The van der Waals surface area contributed by atoms with Crippen LogP contribution in [0.1, 0.15) is 21.9 Å². The van der Waals surface area contributed by atoms with E-state index < -0.39 is 11.8 Å². The first kappa shape index (κ1) is 12.6. The molecule has 0 aliphatic rings. The summed E-state index contributed by atoms with van der Waals surface area (Å²) in [4.78, 5) is 14.9. The highest BCUT2D eigenvalue weighted by molar-refractivity contribution is 6.30. The smallest absolute Gasteiger partial charge is 0.354 e. The Bertz CT molecular complexity index is 610. The zero-order chi connectivity index (χ0) is 13.3. The molecule has 0 saturated carbocycles. The van der Waals surface area contributed by atoms with Gasteiger partial charge in [0.15, 0.2) is 0 Å². The molecule has 0 unspecified atom stereocenters. The van der Waals surface area contributed by atoms with Gasteiger partial charge in [-0.1, -0.05) is 17.7 Å². The van der Waals surface area contributed by atoms with Gasteiger partial charge in [-0.2, -0.15) is 0 Å². The number of nitrogens with zero attached hydrogens (tertiary/aromatic N) is 2. The van der Waals surface area contributed by atoms with Crippen LogP contribution < -0.4 is 0 Å². The summed E-state index contributed by atoms with van der Waals surface area (Å²) in [6.07, 6.45) is 1.28. The summed E-state index contributed by atoms with van der Waals surface area (Å²) in [6.45, 7) is 1.93.